The first-order valence-electron chi connectivity index (χ1n) is 7.46. The second kappa shape index (κ2) is 7.89. The number of benzene rings is 2. The first-order chi connectivity index (χ1) is 12.2. The smallest absolute Gasteiger partial charge is 0.224 e. The van der Waals surface area contributed by atoms with Crippen molar-refractivity contribution in [2.24, 2.45) is 0 Å². The van der Waals surface area contributed by atoms with Crippen molar-refractivity contribution in [3.63, 3.8) is 0 Å². The fourth-order valence-electron chi connectivity index (χ4n) is 2.12. The number of nitrogens with one attached hydrogen (secondary N) is 2. The molecule has 0 unspecified atom stereocenters. The predicted octanol–water partition coefficient (Wildman–Crippen LogP) is 4.00. The molecule has 3 aromatic rings. The van der Waals surface area contributed by atoms with Gasteiger partial charge in [-0.1, -0.05) is 23.9 Å². The summed E-state index contributed by atoms with van der Waals surface area (Å²) in [6.45, 7) is 0. The lowest BCUT2D eigenvalue weighted by molar-refractivity contribution is 0.395. The number of ether oxygens (including phenoxy) is 2. The molecule has 2 aromatic carbocycles. The number of hydrogen-bond acceptors (Lipinski definition) is 6. The van der Waals surface area contributed by atoms with Crippen LogP contribution in [0.3, 0.4) is 0 Å². The molecule has 0 saturated carbocycles. The summed E-state index contributed by atoms with van der Waals surface area (Å²) in [7, 11) is 3.19. The number of aromatic amines is 1. The molecule has 1 heterocycles. The van der Waals surface area contributed by atoms with E-state index in [-0.39, 0.29) is 5.82 Å². The molecule has 8 heteroatoms. The highest BCUT2D eigenvalue weighted by atomic mass is 32.2. The Labute approximate surface area is 148 Å². The highest BCUT2D eigenvalue weighted by molar-refractivity contribution is 7.98. The van der Waals surface area contributed by atoms with Crippen LogP contribution in [0.2, 0.25) is 0 Å². The van der Waals surface area contributed by atoms with Gasteiger partial charge in [-0.3, -0.25) is 0 Å². The van der Waals surface area contributed by atoms with Crippen molar-refractivity contribution in [3.8, 4) is 11.5 Å². The van der Waals surface area contributed by atoms with E-state index in [4.69, 9.17) is 9.47 Å². The van der Waals surface area contributed by atoms with E-state index >= 15 is 0 Å². The molecule has 3 rings (SSSR count). The van der Waals surface area contributed by atoms with E-state index in [1.807, 2.05) is 12.1 Å². The number of rotatable bonds is 7. The Hall–Kier alpha value is -2.74. The van der Waals surface area contributed by atoms with Crippen LogP contribution in [-0.4, -0.2) is 29.4 Å². The van der Waals surface area contributed by atoms with Gasteiger partial charge < -0.3 is 14.8 Å². The van der Waals surface area contributed by atoms with Crippen LogP contribution in [0.25, 0.3) is 0 Å². The third kappa shape index (κ3) is 4.42. The Morgan fingerprint density at radius 1 is 1.12 bits per heavy atom. The summed E-state index contributed by atoms with van der Waals surface area (Å²) in [4.78, 5) is 4.38. The molecular weight excluding hydrogens is 343 g/mol. The number of H-pyrrole nitrogens is 1. The molecule has 0 aliphatic carbocycles. The third-order valence-corrected chi connectivity index (χ3v) is 4.33. The fourth-order valence-corrected chi connectivity index (χ4v) is 2.88. The Balaban J connectivity index is 1.64. The van der Waals surface area contributed by atoms with E-state index < -0.39 is 0 Å². The summed E-state index contributed by atoms with van der Waals surface area (Å²) in [5.41, 5.74) is 1.75. The molecule has 0 aliphatic rings. The quantitative estimate of drug-likeness (QED) is 0.621. The Morgan fingerprint density at radius 2 is 1.92 bits per heavy atom. The minimum absolute atomic E-state index is 0.244. The van der Waals surface area contributed by atoms with Gasteiger partial charge in [0.25, 0.3) is 0 Å². The van der Waals surface area contributed by atoms with E-state index in [1.165, 1.54) is 23.9 Å². The monoisotopic (exact) mass is 360 g/mol. The lowest BCUT2D eigenvalue weighted by atomic mass is 10.2. The van der Waals surface area contributed by atoms with Gasteiger partial charge in [0, 0.05) is 11.8 Å². The number of thioether (sulfide) groups is 1. The maximum atomic E-state index is 12.9. The standard InChI is InChI=1S/C17H17FN4O2S/c1-23-13-7-8-14(15(9-13)24-2)19-16-20-17(22-21-16)25-10-11-3-5-12(18)6-4-11/h3-9H,10H2,1-2H3,(H2,19,20,21,22). The number of methoxy groups -OCH3 is 2. The van der Waals surface area contributed by atoms with E-state index in [9.17, 15) is 4.39 Å². The van der Waals surface area contributed by atoms with Crippen LogP contribution in [0.4, 0.5) is 16.0 Å². The highest BCUT2D eigenvalue weighted by Crippen LogP contribution is 2.31. The molecule has 0 bridgehead atoms. The van der Waals surface area contributed by atoms with Crippen LogP contribution in [-0.2, 0) is 5.75 Å². The van der Waals surface area contributed by atoms with Gasteiger partial charge in [0.05, 0.1) is 19.9 Å². The van der Waals surface area contributed by atoms with Crippen LogP contribution in [0.5, 0.6) is 11.5 Å². The summed E-state index contributed by atoms with van der Waals surface area (Å²) in [5.74, 6) is 2.26. The summed E-state index contributed by atoms with van der Waals surface area (Å²) in [6, 6.07) is 11.8. The minimum atomic E-state index is -0.244. The number of nitrogens with zero attached hydrogens (tertiary/aromatic N) is 2. The lowest BCUT2D eigenvalue weighted by Crippen LogP contribution is -1.97. The number of hydrogen-bond donors (Lipinski definition) is 2. The minimum Gasteiger partial charge on any atom is -0.497 e. The maximum absolute atomic E-state index is 12.9. The van der Waals surface area contributed by atoms with Gasteiger partial charge >= 0.3 is 0 Å². The van der Waals surface area contributed by atoms with Crippen LogP contribution in [0, 0.1) is 5.82 Å². The topological polar surface area (TPSA) is 72.1 Å². The molecule has 0 aliphatic heterocycles. The Kier molecular flexibility index (Phi) is 5.39. The summed E-state index contributed by atoms with van der Waals surface area (Å²) < 4.78 is 23.4. The number of anilines is 2. The molecule has 130 valence electrons. The molecule has 0 saturated heterocycles. The second-order valence-electron chi connectivity index (χ2n) is 5.07. The molecular formula is C17H17FN4O2S. The lowest BCUT2D eigenvalue weighted by Gasteiger charge is -2.10. The predicted molar refractivity (Wildman–Crippen MR) is 95.2 cm³/mol. The van der Waals surface area contributed by atoms with Gasteiger partial charge in [-0.15, -0.1) is 5.10 Å². The van der Waals surface area contributed by atoms with Crippen molar-refractivity contribution < 1.29 is 13.9 Å². The highest BCUT2D eigenvalue weighted by Gasteiger charge is 2.09. The SMILES string of the molecule is COc1ccc(Nc2nc(SCc3ccc(F)cc3)n[nH]2)c(OC)c1. The molecule has 0 fully saturated rings. The van der Waals surface area contributed by atoms with Gasteiger partial charge in [-0.05, 0) is 29.8 Å². The van der Waals surface area contributed by atoms with Crippen molar-refractivity contribution in [1.82, 2.24) is 15.2 Å². The van der Waals surface area contributed by atoms with Gasteiger partial charge in [-0.25, -0.2) is 9.49 Å². The van der Waals surface area contributed by atoms with Gasteiger partial charge in [0.15, 0.2) is 0 Å². The summed E-state index contributed by atoms with van der Waals surface area (Å²) in [6.07, 6.45) is 0. The molecule has 0 spiro atoms. The van der Waals surface area contributed by atoms with Gasteiger partial charge in [-0.2, -0.15) is 4.98 Å². The molecule has 1 aromatic heterocycles. The maximum Gasteiger partial charge on any atom is 0.224 e. The first-order valence-corrected chi connectivity index (χ1v) is 8.45. The number of aromatic nitrogens is 3. The molecule has 6 nitrogen and oxygen atoms in total. The average Bonchev–Trinajstić information content (AvgIpc) is 3.09. The van der Waals surface area contributed by atoms with Crippen LogP contribution < -0.4 is 14.8 Å². The zero-order valence-corrected chi connectivity index (χ0v) is 14.6. The van der Waals surface area contributed by atoms with Crippen molar-refractivity contribution in [3.05, 3.63) is 53.8 Å². The van der Waals surface area contributed by atoms with Gasteiger partial charge in [0.2, 0.25) is 11.1 Å². The molecule has 25 heavy (non-hydrogen) atoms. The Morgan fingerprint density at radius 3 is 2.64 bits per heavy atom. The first kappa shape index (κ1) is 17.1. The van der Waals surface area contributed by atoms with Crippen molar-refractivity contribution in [2.45, 2.75) is 10.9 Å². The van der Waals surface area contributed by atoms with E-state index in [0.29, 0.717) is 28.4 Å². The second-order valence-corrected chi connectivity index (χ2v) is 6.02. The average molecular weight is 360 g/mol. The third-order valence-electron chi connectivity index (χ3n) is 3.41. The molecule has 2 N–H and O–H groups in total. The largest absolute Gasteiger partial charge is 0.497 e. The van der Waals surface area contributed by atoms with Crippen LogP contribution in [0.15, 0.2) is 47.6 Å². The fraction of sp³-hybridized carbons (Fsp3) is 0.176. The molecule has 0 amide bonds. The normalized spacial score (nSPS) is 10.5. The van der Waals surface area contributed by atoms with Crippen LogP contribution in [0.1, 0.15) is 5.56 Å². The molecule has 0 atom stereocenters. The van der Waals surface area contributed by atoms with Crippen molar-refractivity contribution in [1.29, 1.82) is 0 Å². The van der Waals surface area contributed by atoms with Gasteiger partial charge in [0.1, 0.15) is 17.3 Å². The van der Waals surface area contributed by atoms with Crippen molar-refractivity contribution in [2.75, 3.05) is 19.5 Å². The van der Waals surface area contributed by atoms with Crippen molar-refractivity contribution >= 4 is 23.4 Å². The zero-order chi connectivity index (χ0) is 17.6. The number of halogens is 1. The zero-order valence-electron chi connectivity index (χ0n) is 13.7. The van der Waals surface area contributed by atoms with E-state index in [2.05, 4.69) is 20.5 Å². The summed E-state index contributed by atoms with van der Waals surface area (Å²) >= 11 is 1.46. The van der Waals surface area contributed by atoms with E-state index in [0.717, 1.165) is 11.3 Å². The summed E-state index contributed by atoms with van der Waals surface area (Å²) in [5, 5.41) is 10.7. The van der Waals surface area contributed by atoms with Crippen LogP contribution >= 0.6 is 11.8 Å². The molecule has 0 radical (unpaired) electrons. The van der Waals surface area contributed by atoms with E-state index in [1.54, 1.807) is 32.4 Å². The Bertz CT molecular complexity index is 839.